The Morgan fingerprint density at radius 3 is 2.62 bits per heavy atom. The van der Waals surface area contributed by atoms with Gasteiger partial charge in [-0.25, -0.2) is 0 Å². The molecule has 0 spiro atoms. The number of furan rings is 1. The van der Waals surface area contributed by atoms with Crippen LogP contribution in [0.25, 0.3) is 11.0 Å². The van der Waals surface area contributed by atoms with Crippen molar-refractivity contribution in [2.24, 2.45) is 5.16 Å². The number of methoxy groups -OCH3 is 1. The number of halogens is 2. The Morgan fingerprint density at radius 1 is 1.24 bits per heavy atom. The zero-order valence-corrected chi connectivity index (χ0v) is 20.5. The second kappa shape index (κ2) is 10.6. The smallest absolute Gasteiger partial charge is 0.299 e. The third kappa shape index (κ3) is 4.97. The molecule has 1 amide bonds. The maximum Gasteiger partial charge on any atom is 0.299 e. The highest BCUT2D eigenvalue weighted by molar-refractivity contribution is 6.41. The molecule has 0 radical (unpaired) electrons. The molecule has 11 heteroatoms. The average Bonchev–Trinajstić information content (AvgIpc) is 3.29. The number of hydrogen-bond donors (Lipinski definition) is 0. The summed E-state index contributed by atoms with van der Waals surface area (Å²) in [6.07, 6.45) is 2.47. The molecule has 0 aliphatic carbocycles. The monoisotopic (exact) mass is 506 g/mol. The summed E-state index contributed by atoms with van der Waals surface area (Å²) < 4.78 is 16.6. The van der Waals surface area contributed by atoms with Crippen molar-refractivity contribution in [2.75, 3.05) is 38.3 Å². The number of nitrogens with zero attached hydrogens (tertiary/aromatic N) is 4. The SMILES string of the molecule is COc1cccc2oc(C(=O)N(/C(C)=N\OC(C)N3CCOCC3)c3c(Cl)cncc3Cl)cc12. The van der Waals surface area contributed by atoms with E-state index in [2.05, 4.69) is 15.0 Å². The first-order valence-electron chi connectivity index (χ1n) is 10.6. The van der Waals surface area contributed by atoms with Crippen LogP contribution in [0.5, 0.6) is 5.75 Å². The molecule has 3 heterocycles. The number of fused-ring (bicyclic) bond motifs is 1. The normalized spacial score (nSPS) is 15.9. The van der Waals surface area contributed by atoms with Crippen molar-refractivity contribution < 1.29 is 23.5 Å². The highest BCUT2D eigenvalue weighted by Gasteiger charge is 2.29. The Kier molecular flexibility index (Phi) is 7.57. The van der Waals surface area contributed by atoms with Crippen molar-refractivity contribution in [2.45, 2.75) is 20.1 Å². The van der Waals surface area contributed by atoms with Crippen LogP contribution in [0.4, 0.5) is 5.69 Å². The molecular weight excluding hydrogens is 483 g/mol. The first-order valence-corrected chi connectivity index (χ1v) is 11.4. The third-order valence-electron chi connectivity index (χ3n) is 5.43. The summed E-state index contributed by atoms with van der Waals surface area (Å²) in [6.45, 7) is 6.20. The van der Waals surface area contributed by atoms with Crippen molar-refractivity contribution in [3.63, 3.8) is 0 Å². The van der Waals surface area contributed by atoms with Gasteiger partial charge in [-0.15, -0.1) is 0 Å². The van der Waals surface area contributed by atoms with Gasteiger partial charge in [0.2, 0.25) is 0 Å². The van der Waals surface area contributed by atoms with Gasteiger partial charge in [0.05, 0.1) is 41.4 Å². The molecule has 0 N–H and O–H groups in total. The fourth-order valence-corrected chi connectivity index (χ4v) is 4.19. The number of ether oxygens (including phenoxy) is 2. The molecular formula is C23H24Cl2N4O5. The van der Waals surface area contributed by atoms with E-state index < -0.39 is 5.91 Å². The Morgan fingerprint density at radius 2 is 1.94 bits per heavy atom. The summed E-state index contributed by atoms with van der Waals surface area (Å²) in [7, 11) is 1.55. The van der Waals surface area contributed by atoms with E-state index in [4.69, 9.17) is 41.9 Å². The quantitative estimate of drug-likeness (QED) is 0.269. The number of oxime groups is 1. The van der Waals surface area contributed by atoms with Gasteiger partial charge in [0.25, 0.3) is 5.91 Å². The largest absolute Gasteiger partial charge is 0.496 e. The number of morpholine rings is 1. The number of pyridine rings is 1. The Balaban J connectivity index is 1.70. The molecule has 4 rings (SSSR count). The molecule has 1 atom stereocenters. The summed E-state index contributed by atoms with van der Waals surface area (Å²) in [6, 6.07) is 6.92. The number of benzene rings is 1. The van der Waals surface area contributed by atoms with Crippen LogP contribution in [0.15, 0.2) is 46.2 Å². The average molecular weight is 507 g/mol. The van der Waals surface area contributed by atoms with E-state index in [1.54, 1.807) is 38.3 Å². The summed E-state index contributed by atoms with van der Waals surface area (Å²) in [5.74, 6) is 0.323. The van der Waals surface area contributed by atoms with Crippen LogP contribution in [0, 0.1) is 0 Å². The highest BCUT2D eigenvalue weighted by atomic mass is 35.5. The van der Waals surface area contributed by atoms with Crippen LogP contribution in [0.2, 0.25) is 10.0 Å². The van der Waals surface area contributed by atoms with E-state index >= 15 is 0 Å². The molecule has 180 valence electrons. The number of anilines is 1. The van der Waals surface area contributed by atoms with Crippen LogP contribution in [0.1, 0.15) is 24.4 Å². The van der Waals surface area contributed by atoms with Crippen molar-refractivity contribution in [1.29, 1.82) is 0 Å². The molecule has 1 aliphatic heterocycles. The lowest BCUT2D eigenvalue weighted by Gasteiger charge is -2.30. The number of carbonyl (C=O) groups excluding carboxylic acids is 1. The minimum atomic E-state index is -0.530. The molecule has 34 heavy (non-hydrogen) atoms. The van der Waals surface area contributed by atoms with Gasteiger partial charge in [-0.2, -0.15) is 0 Å². The molecule has 2 aromatic heterocycles. The summed E-state index contributed by atoms with van der Waals surface area (Å²) in [4.78, 5) is 26.7. The molecule has 1 saturated heterocycles. The number of amides is 1. The Bertz CT molecular complexity index is 1190. The number of hydrogen-bond acceptors (Lipinski definition) is 8. The summed E-state index contributed by atoms with van der Waals surface area (Å²) >= 11 is 12.8. The Hall–Kier alpha value is -2.85. The van der Waals surface area contributed by atoms with Crippen molar-refractivity contribution in [3.05, 3.63) is 52.5 Å². The number of amidine groups is 1. The Labute approximate surface area is 206 Å². The van der Waals surface area contributed by atoms with Crippen molar-refractivity contribution >= 4 is 51.6 Å². The first-order chi connectivity index (χ1) is 16.4. The molecule has 0 bridgehead atoms. The molecule has 1 aromatic carbocycles. The number of aromatic nitrogens is 1. The second-order valence-corrected chi connectivity index (χ2v) is 8.38. The molecule has 1 aliphatic rings. The number of carbonyl (C=O) groups is 1. The summed E-state index contributed by atoms with van der Waals surface area (Å²) in [5.41, 5.74) is 0.723. The lowest BCUT2D eigenvalue weighted by Crippen LogP contribution is -2.43. The van der Waals surface area contributed by atoms with E-state index in [0.29, 0.717) is 29.9 Å². The predicted octanol–water partition coefficient (Wildman–Crippen LogP) is 4.82. The molecule has 0 saturated carbocycles. The molecule has 1 unspecified atom stereocenters. The van der Waals surface area contributed by atoms with E-state index in [-0.39, 0.29) is 33.6 Å². The lowest BCUT2D eigenvalue weighted by molar-refractivity contribution is -0.0857. The van der Waals surface area contributed by atoms with Gasteiger partial charge in [-0.05, 0) is 26.0 Å². The third-order valence-corrected chi connectivity index (χ3v) is 5.98. The molecule has 3 aromatic rings. The topological polar surface area (TPSA) is 89.6 Å². The van der Waals surface area contributed by atoms with Gasteiger partial charge in [0, 0.05) is 31.5 Å². The van der Waals surface area contributed by atoms with E-state index in [9.17, 15) is 4.79 Å². The van der Waals surface area contributed by atoms with Crippen LogP contribution in [-0.2, 0) is 9.57 Å². The first kappa shape index (κ1) is 24.3. The lowest BCUT2D eigenvalue weighted by atomic mass is 10.2. The van der Waals surface area contributed by atoms with Crippen molar-refractivity contribution in [3.8, 4) is 5.75 Å². The predicted molar refractivity (Wildman–Crippen MR) is 130 cm³/mol. The minimum Gasteiger partial charge on any atom is -0.496 e. The maximum atomic E-state index is 13.7. The standard InChI is InChI=1S/C23H24Cl2N4O5/c1-14(27-34-15(2)28-7-9-32-10-8-28)29(22-17(24)12-26-13-18(22)25)23(30)21-11-16-19(31-3)5-4-6-20(16)33-21/h4-6,11-13,15H,7-10H2,1-3H3/b27-14-. The van der Waals surface area contributed by atoms with Gasteiger partial charge in [-0.3, -0.25) is 19.6 Å². The fraction of sp³-hybridized carbons (Fsp3) is 0.348. The highest BCUT2D eigenvalue weighted by Crippen LogP contribution is 2.35. The molecule has 9 nitrogen and oxygen atoms in total. The van der Waals surface area contributed by atoms with Crippen LogP contribution in [-0.4, -0.2) is 61.3 Å². The van der Waals surface area contributed by atoms with E-state index in [1.165, 1.54) is 17.3 Å². The maximum absolute atomic E-state index is 13.7. The zero-order valence-electron chi connectivity index (χ0n) is 19.0. The van der Waals surface area contributed by atoms with Gasteiger partial charge in [0.15, 0.2) is 17.8 Å². The number of rotatable bonds is 6. The summed E-state index contributed by atoms with van der Waals surface area (Å²) in [5, 5.41) is 5.23. The van der Waals surface area contributed by atoms with Gasteiger partial charge in [0.1, 0.15) is 11.3 Å². The minimum absolute atomic E-state index is 0.0548. The fourth-order valence-electron chi connectivity index (χ4n) is 3.66. The van der Waals surface area contributed by atoms with Crippen LogP contribution < -0.4 is 9.64 Å². The van der Waals surface area contributed by atoms with Crippen molar-refractivity contribution in [1.82, 2.24) is 9.88 Å². The van der Waals surface area contributed by atoms with Crippen LogP contribution >= 0.6 is 23.2 Å². The van der Waals surface area contributed by atoms with Gasteiger partial charge >= 0.3 is 0 Å². The van der Waals surface area contributed by atoms with Gasteiger partial charge in [-0.1, -0.05) is 34.4 Å². The van der Waals surface area contributed by atoms with Crippen LogP contribution in [0.3, 0.4) is 0 Å². The zero-order chi connectivity index (χ0) is 24.2. The van der Waals surface area contributed by atoms with E-state index in [0.717, 1.165) is 13.1 Å². The second-order valence-electron chi connectivity index (χ2n) is 7.57. The van der Waals surface area contributed by atoms with Gasteiger partial charge < -0.3 is 18.7 Å². The van der Waals surface area contributed by atoms with E-state index in [1.807, 2.05) is 6.92 Å². The molecule has 1 fully saturated rings.